The molecular weight excluding hydrogens is 358 g/mol. The van der Waals surface area contributed by atoms with E-state index in [9.17, 15) is 14.7 Å². The standard InChI is InChI=1S/C22H43NO5/c1-3-5-6-7-8-9-10-11-12-13-14-15-20(24)16-19(4-2)23(17-21(25)26)18-22(27)28/h19-20,24H,3-18H2,1-2H3,(H,25,26)(H,27,28). The first-order valence-electron chi connectivity index (χ1n) is 11.3. The van der Waals surface area contributed by atoms with Gasteiger partial charge in [-0.3, -0.25) is 14.5 Å². The Morgan fingerprint density at radius 1 is 0.750 bits per heavy atom. The van der Waals surface area contributed by atoms with Crippen LogP contribution in [0.4, 0.5) is 0 Å². The van der Waals surface area contributed by atoms with Crippen molar-refractivity contribution in [3.8, 4) is 0 Å². The summed E-state index contributed by atoms with van der Waals surface area (Å²) in [6.07, 6.45) is 15.1. The van der Waals surface area contributed by atoms with E-state index in [1.807, 2.05) is 6.92 Å². The van der Waals surface area contributed by atoms with E-state index in [4.69, 9.17) is 10.2 Å². The fraction of sp³-hybridized carbons (Fsp3) is 0.909. The molecule has 0 fully saturated rings. The summed E-state index contributed by atoms with van der Waals surface area (Å²) < 4.78 is 0. The van der Waals surface area contributed by atoms with Gasteiger partial charge in [0.2, 0.25) is 0 Å². The van der Waals surface area contributed by atoms with Gasteiger partial charge in [0.1, 0.15) is 0 Å². The molecule has 6 nitrogen and oxygen atoms in total. The highest BCUT2D eigenvalue weighted by atomic mass is 16.4. The topological polar surface area (TPSA) is 98.1 Å². The van der Waals surface area contributed by atoms with Crippen molar-refractivity contribution in [1.82, 2.24) is 4.90 Å². The second-order valence-corrected chi connectivity index (χ2v) is 7.97. The van der Waals surface area contributed by atoms with E-state index < -0.39 is 18.0 Å². The van der Waals surface area contributed by atoms with Gasteiger partial charge < -0.3 is 15.3 Å². The van der Waals surface area contributed by atoms with E-state index in [0.717, 1.165) is 12.8 Å². The Morgan fingerprint density at radius 3 is 1.57 bits per heavy atom. The Balaban J connectivity index is 3.90. The highest BCUT2D eigenvalue weighted by molar-refractivity contribution is 5.72. The van der Waals surface area contributed by atoms with Crippen LogP contribution in [0.1, 0.15) is 104 Å². The monoisotopic (exact) mass is 401 g/mol. The summed E-state index contributed by atoms with van der Waals surface area (Å²) in [6, 6.07) is -0.227. The van der Waals surface area contributed by atoms with Gasteiger partial charge in [-0.25, -0.2) is 0 Å². The molecule has 0 rings (SSSR count). The fourth-order valence-electron chi connectivity index (χ4n) is 3.71. The lowest BCUT2D eigenvalue weighted by Gasteiger charge is -2.29. The number of carbonyl (C=O) groups is 2. The van der Waals surface area contributed by atoms with Crippen LogP contribution in [-0.2, 0) is 9.59 Å². The Labute approximate surface area is 171 Å². The van der Waals surface area contributed by atoms with Crippen LogP contribution in [0.2, 0.25) is 0 Å². The van der Waals surface area contributed by atoms with Crippen LogP contribution in [-0.4, -0.2) is 57.4 Å². The minimum Gasteiger partial charge on any atom is -0.480 e. The summed E-state index contributed by atoms with van der Waals surface area (Å²) in [7, 11) is 0. The Hall–Kier alpha value is -1.14. The van der Waals surface area contributed by atoms with Gasteiger partial charge in [-0.05, 0) is 19.3 Å². The Kier molecular flexibility index (Phi) is 17.2. The van der Waals surface area contributed by atoms with E-state index in [-0.39, 0.29) is 19.1 Å². The van der Waals surface area contributed by atoms with Crippen LogP contribution in [0, 0.1) is 0 Å². The maximum absolute atomic E-state index is 11.0. The molecule has 2 atom stereocenters. The lowest BCUT2D eigenvalue weighted by atomic mass is 9.99. The lowest BCUT2D eigenvalue weighted by Crippen LogP contribution is -2.43. The summed E-state index contributed by atoms with van der Waals surface area (Å²) in [6.45, 7) is 3.52. The van der Waals surface area contributed by atoms with Crippen LogP contribution in [0.5, 0.6) is 0 Å². The second-order valence-electron chi connectivity index (χ2n) is 7.97. The summed E-state index contributed by atoms with van der Waals surface area (Å²) in [5.41, 5.74) is 0. The van der Waals surface area contributed by atoms with Crippen LogP contribution in [0.3, 0.4) is 0 Å². The average molecular weight is 402 g/mol. The third-order valence-electron chi connectivity index (χ3n) is 5.35. The van der Waals surface area contributed by atoms with Crippen LogP contribution >= 0.6 is 0 Å². The maximum Gasteiger partial charge on any atom is 0.317 e. The average Bonchev–Trinajstić information content (AvgIpc) is 2.62. The summed E-state index contributed by atoms with van der Waals surface area (Å²) in [5.74, 6) is -2.08. The number of aliphatic carboxylic acids is 2. The van der Waals surface area contributed by atoms with Crippen molar-refractivity contribution < 1.29 is 24.9 Å². The molecule has 0 aromatic carbocycles. The zero-order chi connectivity index (χ0) is 21.2. The molecule has 0 aromatic rings. The zero-order valence-corrected chi connectivity index (χ0v) is 18.1. The molecule has 166 valence electrons. The van der Waals surface area contributed by atoms with E-state index in [1.165, 1.54) is 62.7 Å². The molecule has 0 spiro atoms. The van der Waals surface area contributed by atoms with Gasteiger partial charge in [0.05, 0.1) is 19.2 Å². The first-order chi connectivity index (χ1) is 13.4. The molecular formula is C22H43NO5. The van der Waals surface area contributed by atoms with Gasteiger partial charge in [-0.1, -0.05) is 84.5 Å². The van der Waals surface area contributed by atoms with Crippen molar-refractivity contribution in [2.24, 2.45) is 0 Å². The van der Waals surface area contributed by atoms with Gasteiger partial charge in [0.25, 0.3) is 0 Å². The maximum atomic E-state index is 11.0. The number of rotatable bonds is 20. The molecule has 0 aliphatic rings. The highest BCUT2D eigenvalue weighted by Crippen LogP contribution is 2.17. The molecule has 0 bridgehead atoms. The number of nitrogens with zero attached hydrogens (tertiary/aromatic N) is 1. The van der Waals surface area contributed by atoms with Crippen molar-refractivity contribution >= 4 is 11.9 Å². The van der Waals surface area contributed by atoms with Crippen molar-refractivity contribution in [2.45, 2.75) is 116 Å². The van der Waals surface area contributed by atoms with Crippen molar-refractivity contribution in [3.63, 3.8) is 0 Å². The summed E-state index contributed by atoms with van der Waals surface area (Å²) >= 11 is 0. The SMILES string of the molecule is CCCCCCCCCCCCCC(O)CC(CC)N(CC(=O)O)CC(=O)O. The summed E-state index contributed by atoms with van der Waals surface area (Å²) in [5, 5.41) is 28.3. The van der Waals surface area contributed by atoms with E-state index in [1.54, 1.807) is 0 Å². The minimum absolute atomic E-state index is 0.227. The predicted octanol–water partition coefficient (Wildman–Crippen LogP) is 4.69. The van der Waals surface area contributed by atoms with E-state index in [0.29, 0.717) is 19.3 Å². The third kappa shape index (κ3) is 15.9. The Morgan fingerprint density at radius 2 is 1.18 bits per heavy atom. The lowest BCUT2D eigenvalue weighted by molar-refractivity contribution is -0.143. The molecule has 0 saturated carbocycles. The number of hydrogen-bond acceptors (Lipinski definition) is 4. The third-order valence-corrected chi connectivity index (χ3v) is 5.35. The molecule has 0 saturated heterocycles. The summed E-state index contributed by atoms with van der Waals surface area (Å²) in [4.78, 5) is 23.4. The molecule has 0 aliphatic carbocycles. The molecule has 0 radical (unpaired) electrons. The van der Waals surface area contributed by atoms with Crippen molar-refractivity contribution in [1.29, 1.82) is 0 Å². The van der Waals surface area contributed by atoms with Gasteiger partial charge in [0.15, 0.2) is 0 Å². The van der Waals surface area contributed by atoms with Crippen LogP contribution in [0.25, 0.3) is 0 Å². The smallest absolute Gasteiger partial charge is 0.317 e. The van der Waals surface area contributed by atoms with Gasteiger partial charge in [-0.2, -0.15) is 0 Å². The Bertz CT molecular complexity index is 386. The van der Waals surface area contributed by atoms with Crippen molar-refractivity contribution in [3.05, 3.63) is 0 Å². The highest BCUT2D eigenvalue weighted by Gasteiger charge is 2.24. The number of carboxylic acids is 2. The predicted molar refractivity (Wildman–Crippen MR) is 113 cm³/mol. The molecule has 3 N–H and O–H groups in total. The van der Waals surface area contributed by atoms with E-state index in [2.05, 4.69) is 6.92 Å². The largest absolute Gasteiger partial charge is 0.480 e. The quantitative estimate of drug-likeness (QED) is 0.256. The van der Waals surface area contributed by atoms with Gasteiger partial charge >= 0.3 is 11.9 Å². The minimum atomic E-state index is -1.04. The number of hydrogen-bond donors (Lipinski definition) is 3. The van der Waals surface area contributed by atoms with Crippen molar-refractivity contribution in [2.75, 3.05) is 13.1 Å². The zero-order valence-electron chi connectivity index (χ0n) is 18.1. The van der Waals surface area contributed by atoms with E-state index >= 15 is 0 Å². The first kappa shape index (κ1) is 26.9. The molecule has 2 unspecified atom stereocenters. The molecule has 28 heavy (non-hydrogen) atoms. The number of unbranched alkanes of at least 4 members (excludes halogenated alkanes) is 10. The van der Waals surface area contributed by atoms with Crippen LogP contribution in [0.15, 0.2) is 0 Å². The van der Waals surface area contributed by atoms with Crippen LogP contribution < -0.4 is 0 Å². The number of aliphatic hydroxyl groups is 1. The number of aliphatic hydroxyl groups excluding tert-OH is 1. The molecule has 0 amide bonds. The molecule has 0 heterocycles. The second kappa shape index (κ2) is 17.9. The normalized spacial score (nSPS) is 13.6. The molecule has 0 aliphatic heterocycles. The van der Waals surface area contributed by atoms with Gasteiger partial charge in [0, 0.05) is 6.04 Å². The number of carboxylic acid groups (broad SMARTS) is 2. The fourth-order valence-corrected chi connectivity index (χ4v) is 3.71. The molecule has 0 aromatic heterocycles. The first-order valence-corrected chi connectivity index (χ1v) is 11.3. The van der Waals surface area contributed by atoms with Gasteiger partial charge in [-0.15, -0.1) is 0 Å². The molecule has 6 heteroatoms.